The molecule has 0 fully saturated rings. The maximum Gasteiger partial charge on any atom is 0.190 e. The molecule has 0 bridgehead atoms. The highest BCUT2D eigenvalue weighted by atomic mass is 35.5. The first-order valence-corrected chi connectivity index (χ1v) is 10.6. The van der Waals surface area contributed by atoms with Gasteiger partial charge in [-0.05, 0) is 47.5 Å². The van der Waals surface area contributed by atoms with Crippen LogP contribution in [0.2, 0.25) is 5.02 Å². The van der Waals surface area contributed by atoms with Crippen molar-refractivity contribution in [3.8, 4) is 5.75 Å². The second-order valence-corrected chi connectivity index (χ2v) is 7.87. The van der Waals surface area contributed by atoms with Crippen LogP contribution in [0.15, 0.2) is 78.0 Å². The predicted octanol–water partition coefficient (Wildman–Crippen LogP) is 6.20. The Morgan fingerprint density at radius 1 is 0.897 bits per heavy atom. The molecule has 0 aliphatic carbocycles. The van der Waals surface area contributed by atoms with Crippen molar-refractivity contribution in [1.82, 2.24) is 9.97 Å². The Morgan fingerprint density at radius 2 is 1.62 bits per heavy atom. The van der Waals surface area contributed by atoms with Crippen LogP contribution in [0.4, 0.5) is 5.82 Å². The van der Waals surface area contributed by atoms with Crippen molar-refractivity contribution in [1.29, 1.82) is 0 Å². The van der Waals surface area contributed by atoms with Gasteiger partial charge in [-0.15, -0.1) is 0 Å². The van der Waals surface area contributed by atoms with Gasteiger partial charge in [-0.3, -0.25) is 0 Å². The van der Waals surface area contributed by atoms with E-state index in [2.05, 4.69) is 5.32 Å². The molecule has 4 aromatic rings. The molecule has 29 heavy (non-hydrogen) atoms. The van der Waals surface area contributed by atoms with Crippen LogP contribution in [-0.4, -0.2) is 17.1 Å². The minimum Gasteiger partial charge on any atom is -0.497 e. The van der Waals surface area contributed by atoms with Crippen LogP contribution in [0.5, 0.6) is 5.75 Å². The fourth-order valence-electron chi connectivity index (χ4n) is 2.91. The van der Waals surface area contributed by atoms with E-state index in [1.54, 1.807) is 18.9 Å². The lowest BCUT2D eigenvalue weighted by Crippen LogP contribution is -2.04. The van der Waals surface area contributed by atoms with Gasteiger partial charge < -0.3 is 10.1 Å². The first kappa shape index (κ1) is 19.6. The van der Waals surface area contributed by atoms with E-state index in [1.807, 2.05) is 72.8 Å². The van der Waals surface area contributed by atoms with Crippen molar-refractivity contribution in [2.45, 2.75) is 17.5 Å². The number of thioether (sulfide) groups is 1. The predicted molar refractivity (Wildman–Crippen MR) is 121 cm³/mol. The lowest BCUT2D eigenvalue weighted by atomic mass is 10.2. The van der Waals surface area contributed by atoms with Gasteiger partial charge in [-0.25, -0.2) is 9.97 Å². The third-order valence-corrected chi connectivity index (χ3v) is 5.65. The summed E-state index contributed by atoms with van der Waals surface area (Å²) in [6.07, 6.45) is 0. The molecule has 0 amide bonds. The average Bonchev–Trinajstić information content (AvgIpc) is 2.77. The largest absolute Gasteiger partial charge is 0.497 e. The summed E-state index contributed by atoms with van der Waals surface area (Å²) in [7, 11) is 1.67. The van der Waals surface area contributed by atoms with E-state index in [0.29, 0.717) is 6.54 Å². The zero-order valence-corrected chi connectivity index (χ0v) is 17.5. The number of methoxy groups -OCH3 is 1. The van der Waals surface area contributed by atoms with Gasteiger partial charge in [0.1, 0.15) is 11.6 Å². The first-order valence-electron chi connectivity index (χ1n) is 9.22. The maximum absolute atomic E-state index is 5.97. The van der Waals surface area contributed by atoms with Crippen molar-refractivity contribution in [2.75, 3.05) is 12.4 Å². The zero-order valence-electron chi connectivity index (χ0n) is 15.9. The SMILES string of the molecule is COc1ccc(CNc2nc(SCc3ccc(Cl)cc3)nc3ccccc23)cc1. The van der Waals surface area contributed by atoms with Crippen LogP contribution in [0.1, 0.15) is 11.1 Å². The van der Waals surface area contributed by atoms with E-state index in [9.17, 15) is 0 Å². The topological polar surface area (TPSA) is 47.0 Å². The normalized spacial score (nSPS) is 10.8. The minimum absolute atomic E-state index is 0.673. The molecule has 0 atom stereocenters. The number of benzene rings is 3. The number of halogens is 1. The second-order valence-electron chi connectivity index (χ2n) is 6.49. The number of anilines is 1. The number of hydrogen-bond donors (Lipinski definition) is 1. The van der Waals surface area contributed by atoms with Gasteiger partial charge in [0.05, 0.1) is 12.6 Å². The number of para-hydroxylation sites is 1. The molecule has 0 aliphatic rings. The quantitative estimate of drug-likeness (QED) is 0.284. The summed E-state index contributed by atoms with van der Waals surface area (Å²) in [6, 6.07) is 23.9. The number of hydrogen-bond acceptors (Lipinski definition) is 5. The number of nitrogens with zero attached hydrogens (tertiary/aromatic N) is 2. The molecule has 0 unspecified atom stereocenters. The highest BCUT2D eigenvalue weighted by Crippen LogP contribution is 2.27. The summed E-state index contributed by atoms with van der Waals surface area (Å²) >= 11 is 7.58. The zero-order chi connectivity index (χ0) is 20.1. The van der Waals surface area contributed by atoms with Gasteiger partial charge in [0, 0.05) is 22.7 Å². The van der Waals surface area contributed by atoms with Crippen molar-refractivity contribution in [2.24, 2.45) is 0 Å². The van der Waals surface area contributed by atoms with Crippen LogP contribution < -0.4 is 10.1 Å². The van der Waals surface area contributed by atoms with E-state index in [0.717, 1.165) is 44.0 Å². The Morgan fingerprint density at radius 3 is 2.38 bits per heavy atom. The van der Waals surface area contributed by atoms with Crippen LogP contribution in [0.3, 0.4) is 0 Å². The fourth-order valence-corrected chi connectivity index (χ4v) is 3.85. The third-order valence-electron chi connectivity index (χ3n) is 4.48. The maximum atomic E-state index is 5.97. The third kappa shape index (κ3) is 5.00. The molecular formula is C23H20ClN3OS. The van der Waals surface area contributed by atoms with Gasteiger partial charge >= 0.3 is 0 Å². The summed E-state index contributed by atoms with van der Waals surface area (Å²) in [5.74, 6) is 2.47. The van der Waals surface area contributed by atoms with Crippen LogP contribution >= 0.6 is 23.4 Å². The van der Waals surface area contributed by atoms with Crippen molar-refractivity contribution >= 4 is 40.1 Å². The molecule has 0 saturated heterocycles. The Bertz CT molecular complexity index is 1100. The summed E-state index contributed by atoms with van der Waals surface area (Å²) < 4.78 is 5.22. The standard InChI is InChI=1S/C23H20ClN3OS/c1-28-19-12-8-16(9-13-19)14-25-22-20-4-2-3-5-21(20)26-23(27-22)29-15-17-6-10-18(24)11-7-17/h2-13H,14-15H2,1H3,(H,25,26,27). The van der Waals surface area contributed by atoms with Gasteiger partial charge in [-0.2, -0.15) is 0 Å². The smallest absolute Gasteiger partial charge is 0.190 e. The van der Waals surface area contributed by atoms with Gasteiger partial charge in [0.25, 0.3) is 0 Å². The van der Waals surface area contributed by atoms with Crippen molar-refractivity contribution in [3.63, 3.8) is 0 Å². The summed E-state index contributed by atoms with van der Waals surface area (Å²) in [5, 5.41) is 5.96. The van der Waals surface area contributed by atoms with E-state index in [-0.39, 0.29) is 0 Å². The van der Waals surface area contributed by atoms with Crippen LogP contribution in [0, 0.1) is 0 Å². The highest BCUT2D eigenvalue weighted by Gasteiger charge is 2.09. The van der Waals surface area contributed by atoms with Gasteiger partial charge in [0.2, 0.25) is 0 Å². The highest BCUT2D eigenvalue weighted by molar-refractivity contribution is 7.98. The summed E-state index contributed by atoms with van der Waals surface area (Å²) in [4.78, 5) is 9.49. The van der Waals surface area contributed by atoms with Crippen molar-refractivity contribution in [3.05, 3.63) is 88.9 Å². The minimum atomic E-state index is 0.673. The van der Waals surface area contributed by atoms with Gasteiger partial charge in [0.15, 0.2) is 5.16 Å². The molecule has 4 rings (SSSR count). The average molecular weight is 422 g/mol. The lowest BCUT2D eigenvalue weighted by molar-refractivity contribution is 0.414. The van der Waals surface area contributed by atoms with E-state index >= 15 is 0 Å². The molecule has 3 aromatic carbocycles. The molecule has 0 aliphatic heterocycles. The Balaban J connectivity index is 1.54. The molecule has 4 nitrogen and oxygen atoms in total. The van der Waals surface area contributed by atoms with Crippen LogP contribution in [-0.2, 0) is 12.3 Å². The number of fused-ring (bicyclic) bond motifs is 1. The summed E-state index contributed by atoms with van der Waals surface area (Å²) in [6.45, 7) is 0.673. The molecule has 0 spiro atoms. The molecule has 1 heterocycles. The van der Waals surface area contributed by atoms with Gasteiger partial charge in [-0.1, -0.05) is 59.8 Å². The van der Waals surface area contributed by atoms with Crippen LogP contribution in [0.25, 0.3) is 10.9 Å². The number of ether oxygens (including phenoxy) is 1. The summed E-state index contributed by atoms with van der Waals surface area (Å²) in [5.41, 5.74) is 3.27. The molecule has 1 N–H and O–H groups in total. The van der Waals surface area contributed by atoms with Crippen molar-refractivity contribution < 1.29 is 4.74 Å². The number of aromatic nitrogens is 2. The second kappa shape index (κ2) is 9.16. The molecule has 0 radical (unpaired) electrons. The first-order chi connectivity index (χ1) is 14.2. The van der Waals surface area contributed by atoms with E-state index in [4.69, 9.17) is 26.3 Å². The number of rotatable bonds is 7. The molecular weight excluding hydrogens is 402 g/mol. The Hall–Kier alpha value is -2.76. The van der Waals surface area contributed by atoms with E-state index < -0.39 is 0 Å². The Kier molecular flexibility index (Phi) is 6.17. The van der Waals surface area contributed by atoms with E-state index in [1.165, 1.54) is 5.56 Å². The fraction of sp³-hybridized carbons (Fsp3) is 0.130. The Labute approximate surface area is 179 Å². The monoisotopic (exact) mass is 421 g/mol. The molecule has 6 heteroatoms. The molecule has 1 aromatic heterocycles. The molecule has 146 valence electrons. The number of nitrogens with one attached hydrogen (secondary N) is 1. The lowest BCUT2D eigenvalue weighted by Gasteiger charge is -2.11. The molecule has 0 saturated carbocycles.